The molecule has 1 aliphatic heterocycles. The Morgan fingerprint density at radius 2 is 2.15 bits per heavy atom. The van der Waals surface area contributed by atoms with Gasteiger partial charge in [-0.2, -0.15) is 0 Å². The monoisotopic (exact) mass is 602 g/mol. The number of nitrogens with one attached hydrogen (secondary N) is 1. The molecule has 1 saturated heterocycles. The number of hydrogen-bond acceptors (Lipinski definition) is 6. The van der Waals surface area contributed by atoms with E-state index < -0.39 is 18.2 Å². The van der Waals surface area contributed by atoms with E-state index in [0.717, 1.165) is 23.1 Å². The molecule has 4 N–H and O–H groups in total. The average molecular weight is 602 g/mol. The summed E-state index contributed by atoms with van der Waals surface area (Å²) in [5, 5.41) is 16.9. The van der Waals surface area contributed by atoms with Crippen LogP contribution in [0.25, 0.3) is 15.5 Å². The number of thiazole rings is 1. The molecule has 1 aliphatic rings. The minimum absolute atomic E-state index is 0. The van der Waals surface area contributed by atoms with E-state index in [0.29, 0.717) is 24.4 Å². The number of amides is 1. The molecule has 2 unspecified atom stereocenters. The molecule has 0 aliphatic carbocycles. The number of rotatable bonds is 8. The minimum Gasteiger partial charge on any atom is -0.650 e. The SMILES string of the molecule is NCCCCC(NC(=O)[C@@H]1CC(O)C[N-]1)C(=O)c1nc2ccccc2s1.[Ac]. The van der Waals surface area contributed by atoms with Gasteiger partial charge in [-0.05, 0) is 44.4 Å². The second kappa shape index (κ2) is 10.9. The van der Waals surface area contributed by atoms with Gasteiger partial charge in [0.05, 0.1) is 16.3 Å². The summed E-state index contributed by atoms with van der Waals surface area (Å²) in [6.07, 6.45) is 1.75. The zero-order valence-corrected chi connectivity index (χ0v) is 20.6. The maximum absolute atomic E-state index is 12.9. The molecule has 3 atom stereocenters. The maximum atomic E-state index is 12.9. The van der Waals surface area contributed by atoms with E-state index in [-0.39, 0.29) is 62.3 Å². The first-order valence-electron chi connectivity index (χ1n) is 8.83. The number of Topliss-reactive ketones (excluding diaryl/α,β-unsaturated/α-hetero) is 1. The molecular weight excluding hydrogens is 579 g/mol. The van der Waals surface area contributed by atoms with Crippen molar-refractivity contribution in [2.24, 2.45) is 5.73 Å². The smallest absolute Gasteiger partial charge is 0.213 e. The number of nitrogens with two attached hydrogens (primary N) is 1. The third kappa shape index (κ3) is 6.02. The van der Waals surface area contributed by atoms with Crippen molar-refractivity contribution in [3.63, 3.8) is 0 Å². The fourth-order valence-corrected chi connectivity index (χ4v) is 3.96. The van der Waals surface area contributed by atoms with Crippen molar-refractivity contribution in [1.29, 1.82) is 0 Å². The largest absolute Gasteiger partial charge is 0.650 e. The number of carbonyl (C=O) groups excluding carboxylic acids is 2. The molecule has 1 radical (unpaired) electrons. The fourth-order valence-electron chi connectivity index (χ4n) is 3.00. The summed E-state index contributed by atoms with van der Waals surface area (Å²) in [6, 6.07) is 6.33. The first-order valence-corrected chi connectivity index (χ1v) is 9.65. The molecule has 0 spiro atoms. The Bertz CT molecular complexity index is 752. The van der Waals surface area contributed by atoms with Crippen LogP contribution in [0.1, 0.15) is 35.5 Å². The van der Waals surface area contributed by atoms with Crippen LogP contribution in [-0.4, -0.2) is 53.1 Å². The Kier molecular flexibility index (Phi) is 9.26. The molecule has 143 valence electrons. The Hall–Kier alpha value is -0.428. The van der Waals surface area contributed by atoms with Crippen molar-refractivity contribution in [3.05, 3.63) is 34.6 Å². The number of unbranched alkanes of at least 4 members (excludes halogenated alkanes) is 1. The quantitative estimate of drug-likeness (QED) is 0.314. The topological polar surface area (TPSA) is 119 Å². The van der Waals surface area contributed by atoms with E-state index in [1.54, 1.807) is 0 Å². The van der Waals surface area contributed by atoms with Crippen molar-refractivity contribution in [2.45, 2.75) is 43.9 Å². The molecule has 3 rings (SSSR count). The summed E-state index contributed by atoms with van der Waals surface area (Å²) in [7, 11) is 0. The number of fused-ring (bicyclic) bond motifs is 1. The molecule has 1 aromatic carbocycles. The molecule has 2 heterocycles. The van der Waals surface area contributed by atoms with Gasteiger partial charge in [-0.1, -0.05) is 18.2 Å². The van der Waals surface area contributed by atoms with Crippen LogP contribution in [0.3, 0.4) is 0 Å². The molecule has 2 aromatic rings. The normalized spacial score (nSPS) is 20.2. The number of benzene rings is 1. The zero-order valence-electron chi connectivity index (χ0n) is 15.0. The third-order valence-electron chi connectivity index (χ3n) is 4.42. The van der Waals surface area contributed by atoms with Crippen molar-refractivity contribution in [2.75, 3.05) is 13.1 Å². The third-order valence-corrected chi connectivity index (χ3v) is 5.47. The van der Waals surface area contributed by atoms with Gasteiger partial charge in [0.25, 0.3) is 0 Å². The van der Waals surface area contributed by atoms with Gasteiger partial charge >= 0.3 is 0 Å². The van der Waals surface area contributed by atoms with Crippen LogP contribution in [0.5, 0.6) is 0 Å². The van der Waals surface area contributed by atoms with Crippen molar-refractivity contribution in [1.82, 2.24) is 10.3 Å². The van der Waals surface area contributed by atoms with Crippen molar-refractivity contribution in [3.8, 4) is 0 Å². The average Bonchev–Trinajstić information content (AvgIpc) is 3.26. The van der Waals surface area contributed by atoms with E-state index in [1.807, 2.05) is 24.3 Å². The van der Waals surface area contributed by atoms with E-state index in [2.05, 4.69) is 15.6 Å². The van der Waals surface area contributed by atoms with Crippen LogP contribution < -0.4 is 11.1 Å². The Labute approximate surface area is 198 Å². The van der Waals surface area contributed by atoms with Crippen LogP contribution in [0.2, 0.25) is 0 Å². The molecule has 1 aromatic heterocycles. The predicted octanol–water partition coefficient (Wildman–Crippen LogP) is 1.60. The fraction of sp³-hybridized carbons (Fsp3) is 0.500. The first kappa shape index (κ1) is 22.9. The summed E-state index contributed by atoms with van der Waals surface area (Å²) in [4.78, 5) is 29.8. The standard InChI is InChI=1S/C18H23N4O3S.Ac/c19-8-4-3-6-13(21-17(25)14-9-11(23)10-20-14)16(24)18-22-12-5-1-2-7-15(12)26-18;/h1-2,5,7,11,13-14,23H,3-4,6,8-10,19H2,(H,21,25);/q-1;/t11?,13?,14-;/m0./s1. The van der Waals surface area contributed by atoms with E-state index in [9.17, 15) is 14.7 Å². The van der Waals surface area contributed by atoms with Crippen LogP contribution in [0.15, 0.2) is 24.3 Å². The Morgan fingerprint density at radius 1 is 1.37 bits per heavy atom. The number of aromatic nitrogens is 1. The second-order valence-electron chi connectivity index (χ2n) is 6.47. The second-order valence-corrected chi connectivity index (χ2v) is 7.50. The summed E-state index contributed by atoms with van der Waals surface area (Å²) < 4.78 is 0.941. The van der Waals surface area contributed by atoms with E-state index in [1.165, 1.54) is 11.3 Å². The summed E-state index contributed by atoms with van der Waals surface area (Å²) in [5.41, 5.74) is 6.32. The van der Waals surface area contributed by atoms with Crippen LogP contribution in [0.4, 0.5) is 0 Å². The van der Waals surface area contributed by atoms with E-state index in [4.69, 9.17) is 5.73 Å². The van der Waals surface area contributed by atoms with Crippen LogP contribution in [-0.2, 0) is 4.79 Å². The summed E-state index contributed by atoms with van der Waals surface area (Å²) in [5.74, 6) is -0.496. The minimum atomic E-state index is -0.650. The van der Waals surface area contributed by atoms with E-state index >= 15 is 0 Å². The number of aliphatic hydroxyl groups is 1. The Balaban J connectivity index is 0.00000261. The summed E-state index contributed by atoms with van der Waals surface area (Å²) >= 11 is 1.33. The van der Waals surface area contributed by atoms with Crippen molar-refractivity contribution >= 4 is 33.2 Å². The van der Waals surface area contributed by atoms with Crippen LogP contribution >= 0.6 is 11.3 Å². The van der Waals surface area contributed by atoms with Gasteiger partial charge in [0.15, 0.2) is 5.01 Å². The number of nitrogens with zero attached hydrogens (tertiary/aromatic N) is 2. The maximum Gasteiger partial charge on any atom is 0.213 e. The van der Waals surface area contributed by atoms with Crippen molar-refractivity contribution < 1.29 is 58.8 Å². The number of para-hydroxylation sites is 1. The van der Waals surface area contributed by atoms with Gasteiger partial charge in [-0.3, -0.25) is 9.59 Å². The van der Waals surface area contributed by atoms with Gasteiger partial charge in [-0.25, -0.2) is 4.98 Å². The van der Waals surface area contributed by atoms with Gasteiger partial charge in [0.1, 0.15) is 0 Å². The zero-order chi connectivity index (χ0) is 18.5. The number of hydrogen-bond donors (Lipinski definition) is 3. The number of carbonyl (C=O) groups is 2. The molecule has 27 heavy (non-hydrogen) atoms. The molecular formula is C18H23AcN4O3S-. The molecule has 1 amide bonds. The Morgan fingerprint density at radius 3 is 2.81 bits per heavy atom. The first-order chi connectivity index (χ1) is 12.6. The molecule has 1 fully saturated rings. The number of aliphatic hydroxyl groups excluding tert-OH is 1. The van der Waals surface area contributed by atoms with Gasteiger partial charge in [-0.15, -0.1) is 17.9 Å². The molecule has 9 heteroatoms. The van der Waals surface area contributed by atoms with Crippen LogP contribution in [0, 0.1) is 44.1 Å². The summed E-state index contributed by atoms with van der Waals surface area (Å²) in [6.45, 7) is 0.807. The van der Waals surface area contributed by atoms with Gasteiger partial charge in [0.2, 0.25) is 11.7 Å². The molecule has 0 saturated carbocycles. The predicted molar refractivity (Wildman–Crippen MR) is 101 cm³/mol. The molecule has 7 nitrogen and oxygen atoms in total. The van der Waals surface area contributed by atoms with Gasteiger partial charge in [0, 0.05) is 50.2 Å². The number of ketones is 1. The van der Waals surface area contributed by atoms with Gasteiger partial charge < -0.3 is 21.5 Å². The molecule has 0 bridgehead atoms.